The summed E-state index contributed by atoms with van der Waals surface area (Å²) in [5.74, 6) is -0.968. The summed E-state index contributed by atoms with van der Waals surface area (Å²) in [5, 5.41) is 21.6. The number of rotatable bonds is 5. The van der Waals surface area contributed by atoms with Crippen molar-refractivity contribution in [3.05, 3.63) is 29.6 Å². The van der Waals surface area contributed by atoms with Gasteiger partial charge < -0.3 is 15.5 Å². The van der Waals surface area contributed by atoms with E-state index in [-0.39, 0.29) is 17.7 Å². The molecule has 5 nitrogen and oxygen atoms in total. The number of nitrogens with zero attached hydrogens (tertiary/aromatic N) is 1. The molecule has 1 aliphatic rings. The third-order valence-corrected chi connectivity index (χ3v) is 3.58. The standard InChI is InChI=1S/C13H18N2O3/c16-9-13(5-1-2-6-13)15-8-11-4-3-10(7-14-11)12(17)18/h3-4,7,15-16H,1-2,5-6,8-9H2,(H,17,18). The predicted molar refractivity (Wildman–Crippen MR) is 66.3 cm³/mol. The molecule has 0 spiro atoms. The number of hydrogen-bond donors (Lipinski definition) is 3. The molecule has 0 saturated heterocycles. The molecule has 0 aromatic carbocycles. The molecule has 1 aliphatic carbocycles. The minimum Gasteiger partial charge on any atom is -0.478 e. The topological polar surface area (TPSA) is 82.5 Å². The third-order valence-electron chi connectivity index (χ3n) is 3.58. The zero-order valence-corrected chi connectivity index (χ0v) is 10.2. The van der Waals surface area contributed by atoms with Crippen molar-refractivity contribution in [3.63, 3.8) is 0 Å². The van der Waals surface area contributed by atoms with Crippen molar-refractivity contribution in [2.75, 3.05) is 6.61 Å². The van der Waals surface area contributed by atoms with Crippen LogP contribution in [-0.2, 0) is 6.54 Å². The van der Waals surface area contributed by atoms with Crippen LogP contribution >= 0.6 is 0 Å². The monoisotopic (exact) mass is 250 g/mol. The van der Waals surface area contributed by atoms with Gasteiger partial charge in [0.1, 0.15) is 0 Å². The molecule has 0 aliphatic heterocycles. The van der Waals surface area contributed by atoms with Crippen LogP contribution in [0, 0.1) is 0 Å². The zero-order valence-electron chi connectivity index (χ0n) is 10.2. The number of nitrogens with one attached hydrogen (secondary N) is 1. The molecule has 0 bridgehead atoms. The Morgan fingerprint density at radius 3 is 2.61 bits per heavy atom. The van der Waals surface area contributed by atoms with Crippen molar-refractivity contribution in [3.8, 4) is 0 Å². The summed E-state index contributed by atoms with van der Waals surface area (Å²) in [6.07, 6.45) is 5.60. The summed E-state index contributed by atoms with van der Waals surface area (Å²) in [6, 6.07) is 3.25. The Morgan fingerprint density at radius 1 is 1.39 bits per heavy atom. The highest BCUT2D eigenvalue weighted by molar-refractivity contribution is 5.87. The molecule has 0 amide bonds. The fourth-order valence-electron chi connectivity index (χ4n) is 2.38. The molecular weight excluding hydrogens is 232 g/mol. The molecule has 1 heterocycles. The maximum absolute atomic E-state index is 10.7. The van der Waals surface area contributed by atoms with Crippen molar-refractivity contribution in [1.82, 2.24) is 10.3 Å². The summed E-state index contributed by atoms with van der Waals surface area (Å²) in [6.45, 7) is 0.695. The molecular formula is C13H18N2O3. The predicted octanol–water partition coefficient (Wildman–Crippen LogP) is 1.17. The second-order valence-electron chi connectivity index (χ2n) is 4.84. The molecule has 3 N–H and O–H groups in total. The highest BCUT2D eigenvalue weighted by atomic mass is 16.4. The van der Waals surface area contributed by atoms with Crippen LogP contribution in [0.4, 0.5) is 0 Å². The van der Waals surface area contributed by atoms with Gasteiger partial charge in [0.15, 0.2) is 0 Å². The average Bonchev–Trinajstić information content (AvgIpc) is 2.86. The smallest absolute Gasteiger partial charge is 0.337 e. The lowest BCUT2D eigenvalue weighted by Crippen LogP contribution is -2.45. The van der Waals surface area contributed by atoms with Gasteiger partial charge in [-0.2, -0.15) is 0 Å². The van der Waals surface area contributed by atoms with Crippen LogP contribution in [0.15, 0.2) is 18.3 Å². The Morgan fingerprint density at radius 2 is 2.11 bits per heavy atom. The Kier molecular flexibility index (Phi) is 3.93. The first-order valence-corrected chi connectivity index (χ1v) is 6.19. The maximum atomic E-state index is 10.7. The average molecular weight is 250 g/mol. The van der Waals surface area contributed by atoms with E-state index < -0.39 is 5.97 Å². The van der Waals surface area contributed by atoms with Crippen LogP contribution in [0.25, 0.3) is 0 Å². The molecule has 0 radical (unpaired) electrons. The van der Waals surface area contributed by atoms with Gasteiger partial charge in [0.25, 0.3) is 0 Å². The van der Waals surface area contributed by atoms with Crippen LogP contribution in [0.2, 0.25) is 0 Å². The van der Waals surface area contributed by atoms with E-state index in [1.807, 2.05) is 0 Å². The van der Waals surface area contributed by atoms with Gasteiger partial charge in [-0.05, 0) is 25.0 Å². The van der Waals surface area contributed by atoms with Crippen molar-refractivity contribution in [2.24, 2.45) is 0 Å². The van der Waals surface area contributed by atoms with Crippen LogP contribution < -0.4 is 5.32 Å². The fourth-order valence-corrected chi connectivity index (χ4v) is 2.38. The fraction of sp³-hybridized carbons (Fsp3) is 0.538. The van der Waals surface area contributed by atoms with E-state index in [0.29, 0.717) is 6.54 Å². The van der Waals surface area contributed by atoms with E-state index in [1.54, 1.807) is 12.1 Å². The van der Waals surface area contributed by atoms with Gasteiger partial charge in [0.05, 0.1) is 17.9 Å². The third kappa shape index (κ3) is 2.86. The molecule has 1 aromatic rings. The van der Waals surface area contributed by atoms with Gasteiger partial charge in [0, 0.05) is 18.3 Å². The second kappa shape index (κ2) is 5.46. The van der Waals surface area contributed by atoms with Gasteiger partial charge in [-0.15, -0.1) is 0 Å². The van der Waals surface area contributed by atoms with E-state index in [1.165, 1.54) is 6.20 Å². The number of aliphatic hydroxyl groups is 1. The van der Waals surface area contributed by atoms with Crippen molar-refractivity contribution < 1.29 is 15.0 Å². The van der Waals surface area contributed by atoms with Crippen LogP contribution in [0.3, 0.4) is 0 Å². The van der Waals surface area contributed by atoms with Gasteiger partial charge in [-0.3, -0.25) is 4.98 Å². The molecule has 2 rings (SSSR count). The number of aliphatic hydroxyl groups excluding tert-OH is 1. The largest absolute Gasteiger partial charge is 0.478 e. The lowest BCUT2D eigenvalue weighted by Gasteiger charge is -2.27. The molecule has 1 fully saturated rings. The lowest BCUT2D eigenvalue weighted by atomic mass is 9.99. The number of aromatic nitrogens is 1. The van der Waals surface area contributed by atoms with E-state index in [2.05, 4.69) is 10.3 Å². The number of carbonyl (C=O) groups is 1. The van der Waals surface area contributed by atoms with Crippen molar-refractivity contribution >= 4 is 5.97 Å². The Balaban J connectivity index is 1.95. The summed E-state index contributed by atoms with van der Waals surface area (Å²) in [7, 11) is 0. The molecule has 5 heteroatoms. The van der Waals surface area contributed by atoms with Gasteiger partial charge in [0.2, 0.25) is 0 Å². The highest BCUT2D eigenvalue weighted by Crippen LogP contribution is 2.29. The molecule has 1 aromatic heterocycles. The van der Waals surface area contributed by atoms with Gasteiger partial charge in [-0.1, -0.05) is 12.8 Å². The Hall–Kier alpha value is -1.46. The van der Waals surface area contributed by atoms with Crippen molar-refractivity contribution in [2.45, 2.75) is 37.8 Å². The van der Waals surface area contributed by atoms with E-state index >= 15 is 0 Å². The summed E-state index contributed by atoms with van der Waals surface area (Å²) >= 11 is 0. The number of carboxylic acids is 1. The zero-order chi connectivity index (χ0) is 13.0. The highest BCUT2D eigenvalue weighted by Gasteiger charge is 2.32. The van der Waals surface area contributed by atoms with E-state index in [9.17, 15) is 9.90 Å². The van der Waals surface area contributed by atoms with Crippen molar-refractivity contribution in [1.29, 1.82) is 0 Å². The summed E-state index contributed by atoms with van der Waals surface area (Å²) in [4.78, 5) is 14.8. The molecule has 0 unspecified atom stereocenters. The first-order chi connectivity index (χ1) is 8.65. The summed E-state index contributed by atoms with van der Waals surface area (Å²) in [5.41, 5.74) is 0.809. The van der Waals surface area contributed by atoms with Crippen LogP contribution in [0.1, 0.15) is 41.7 Å². The van der Waals surface area contributed by atoms with Crippen LogP contribution in [-0.4, -0.2) is 33.3 Å². The molecule has 18 heavy (non-hydrogen) atoms. The Labute approximate surface area is 106 Å². The van der Waals surface area contributed by atoms with E-state index in [4.69, 9.17) is 5.11 Å². The minimum absolute atomic E-state index is 0.139. The molecule has 0 atom stereocenters. The van der Waals surface area contributed by atoms with Crippen LogP contribution in [0.5, 0.6) is 0 Å². The number of carboxylic acid groups (broad SMARTS) is 1. The second-order valence-corrected chi connectivity index (χ2v) is 4.84. The quantitative estimate of drug-likeness (QED) is 0.731. The van der Waals surface area contributed by atoms with Gasteiger partial charge >= 0.3 is 5.97 Å². The normalized spacial score (nSPS) is 17.8. The Bertz CT molecular complexity index is 411. The van der Waals surface area contributed by atoms with Gasteiger partial charge in [-0.25, -0.2) is 4.79 Å². The molecule has 98 valence electrons. The first-order valence-electron chi connectivity index (χ1n) is 6.19. The SMILES string of the molecule is O=C(O)c1ccc(CNC2(CO)CCCC2)nc1. The van der Waals surface area contributed by atoms with E-state index in [0.717, 1.165) is 31.4 Å². The summed E-state index contributed by atoms with van der Waals surface area (Å²) < 4.78 is 0. The minimum atomic E-state index is -0.968. The number of hydrogen-bond acceptors (Lipinski definition) is 4. The number of aromatic carboxylic acids is 1. The maximum Gasteiger partial charge on any atom is 0.337 e. The first kappa shape index (κ1) is 13.0. The molecule has 1 saturated carbocycles. The lowest BCUT2D eigenvalue weighted by molar-refractivity contribution is 0.0696. The number of pyridine rings is 1.